The minimum absolute atomic E-state index is 0.195. The Balaban J connectivity index is 1.70. The molecule has 0 aliphatic carbocycles. The van der Waals surface area contributed by atoms with Crippen molar-refractivity contribution >= 4 is 6.21 Å². The molecule has 1 aliphatic heterocycles. The third kappa shape index (κ3) is 3.19. The van der Waals surface area contributed by atoms with Crippen LogP contribution in [0.4, 0.5) is 0 Å². The van der Waals surface area contributed by atoms with Crippen LogP contribution in [-0.2, 0) is 11.4 Å². The van der Waals surface area contributed by atoms with Crippen molar-refractivity contribution in [1.82, 2.24) is 0 Å². The molecule has 0 amide bonds. The van der Waals surface area contributed by atoms with Crippen molar-refractivity contribution in [3.05, 3.63) is 53.1 Å². The van der Waals surface area contributed by atoms with Crippen LogP contribution in [0.15, 0.2) is 41.6 Å². The first kappa shape index (κ1) is 14.7. The van der Waals surface area contributed by atoms with E-state index in [1.54, 1.807) is 25.3 Å². The minimum Gasteiger partial charge on any atom is -0.496 e. The van der Waals surface area contributed by atoms with E-state index in [0.717, 1.165) is 5.56 Å². The number of nitrogens with zero attached hydrogens (tertiary/aromatic N) is 2. The molecule has 116 valence electrons. The van der Waals surface area contributed by atoms with Gasteiger partial charge in [-0.2, -0.15) is 5.26 Å². The second-order valence-electron chi connectivity index (χ2n) is 4.72. The lowest BCUT2D eigenvalue weighted by Crippen LogP contribution is -1.94. The summed E-state index contributed by atoms with van der Waals surface area (Å²) in [5, 5.41) is 13.0. The van der Waals surface area contributed by atoms with E-state index >= 15 is 0 Å². The Kier molecular flexibility index (Phi) is 4.29. The van der Waals surface area contributed by atoms with Crippen molar-refractivity contribution in [3.63, 3.8) is 0 Å². The zero-order valence-corrected chi connectivity index (χ0v) is 12.5. The molecule has 0 saturated heterocycles. The van der Waals surface area contributed by atoms with Crippen LogP contribution >= 0.6 is 0 Å². The fourth-order valence-corrected chi connectivity index (χ4v) is 2.17. The van der Waals surface area contributed by atoms with Crippen LogP contribution in [0.2, 0.25) is 0 Å². The first-order chi connectivity index (χ1) is 11.3. The Labute approximate surface area is 133 Å². The summed E-state index contributed by atoms with van der Waals surface area (Å²) < 4.78 is 15.9. The van der Waals surface area contributed by atoms with Gasteiger partial charge in [0.2, 0.25) is 6.79 Å². The highest BCUT2D eigenvalue weighted by molar-refractivity contribution is 5.84. The van der Waals surface area contributed by atoms with Gasteiger partial charge in [-0.3, -0.25) is 0 Å². The fourth-order valence-electron chi connectivity index (χ4n) is 2.17. The van der Waals surface area contributed by atoms with Gasteiger partial charge < -0.3 is 19.0 Å². The molecule has 0 bridgehead atoms. The fraction of sp³-hybridized carbons (Fsp3) is 0.176. The van der Waals surface area contributed by atoms with Crippen molar-refractivity contribution in [2.75, 3.05) is 13.9 Å². The van der Waals surface area contributed by atoms with E-state index in [4.69, 9.17) is 24.3 Å². The van der Waals surface area contributed by atoms with Crippen molar-refractivity contribution in [2.24, 2.45) is 5.16 Å². The number of benzene rings is 2. The molecule has 0 saturated carbocycles. The first-order valence-corrected chi connectivity index (χ1v) is 6.93. The third-order valence-electron chi connectivity index (χ3n) is 3.35. The molecule has 2 aromatic rings. The van der Waals surface area contributed by atoms with E-state index < -0.39 is 0 Å². The summed E-state index contributed by atoms with van der Waals surface area (Å²) in [6.07, 6.45) is 1.54. The maximum atomic E-state index is 9.02. The molecular formula is C17H14N2O4. The number of fused-ring (bicyclic) bond motifs is 1. The summed E-state index contributed by atoms with van der Waals surface area (Å²) in [6, 6.07) is 12.9. The molecule has 0 aromatic heterocycles. The second kappa shape index (κ2) is 6.71. The maximum Gasteiger partial charge on any atom is 0.231 e. The first-order valence-electron chi connectivity index (χ1n) is 6.93. The van der Waals surface area contributed by atoms with Gasteiger partial charge in [-0.15, -0.1) is 0 Å². The van der Waals surface area contributed by atoms with E-state index in [1.807, 2.05) is 18.2 Å². The zero-order chi connectivity index (χ0) is 16.1. The number of methoxy groups -OCH3 is 1. The van der Waals surface area contributed by atoms with Crippen LogP contribution in [0.3, 0.4) is 0 Å². The summed E-state index contributed by atoms with van der Waals surface area (Å²) in [5.41, 5.74) is 2.07. The Morgan fingerprint density at radius 3 is 2.83 bits per heavy atom. The smallest absolute Gasteiger partial charge is 0.231 e. The van der Waals surface area contributed by atoms with E-state index in [0.29, 0.717) is 28.4 Å². The molecule has 1 aliphatic rings. The molecule has 0 fully saturated rings. The quantitative estimate of drug-likeness (QED) is 0.627. The lowest BCUT2D eigenvalue weighted by molar-refractivity contribution is 0.132. The Bertz CT molecular complexity index is 781. The number of hydrogen-bond acceptors (Lipinski definition) is 6. The van der Waals surface area contributed by atoms with Gasteiger partial charge >= 0.3 is 0 Å². The molecule has 2 aromatic carbocycles. The van der Waals surface area contributed by atoms with Gasteiger partial charge in [-0.1, -0.05) is 23.4 Å². The number of rotatable bonds is 5. The van der Waals surface area contributed by atoms with Crippen molar-refractivity contribution < 1.29 is 19.0 Å². The maximum absolute atomic E-state index is 9.02. The highest BCUT2D eigenvalue weighted by Gasteiger charge is 2.17. The topological polar surface area (TPSA) is 73.1 Å². The summed E-state index contributed by atoms with van der Waals surface area (Å²) in [6.45, 7) is 0.410. The van der Waals surface area contributed by atoms with Gasteiger partial charge in [-0.25, -0.2) is 0 Å². The minimum atomic E-state index is 0.195. The van der Waals surface area contributed by atoms with Gasteiger partial charge in [0.1, 0.15) is 12.4 Å². The highest BCUT2D eigenvalue weighted by atomic mass is 16.7. The van der Waals surface area contributed by atoms with Crippen LogP contribution in [-0.4, -0.2) is 20.1 Å². The summed E-state index contributed by atoms with van der Waals surface area (Å²) in [4.78, 5) is 5.28. The van der Waals surface area contributed by atoms with Crippen LogP contribution in [0, 0.1) is 11.3 Å². The monoisotopic (exact) mass is 310 g/mol. The molecule has 3 rings (SSSR count). The lowest BCUT2D eigenvalue weighted by atomic mass is 10.1. The predicted molar refractivity (Wildman–Crippen MR) is 82.7 cm³/mol. The van der Waals surface area contributed by atoms with Crippen LogP contribution in [0.1, 0.15) is 16.7 Å². The van der Waals surface area contributed by atoms with Crippen LogP contribution in [0.25, 0.3) is 0 Å². The van der Waals surface area contributed by atoms with Crippen molar-refractivity contribution in [2.45, 2.75) is 6.61 Å². The molecule has 23 heavy (non-hydrogen) atoms. The standard InChI is InChI=1S/C17H14N2O4/c1-20-15-7-17-16(21-11-22-17)6-14(15)9-19-23-10-13-5-3-2-4-12(13)8-18/h2-7,9H,10-11H2,1H3/b19-9-. The molecule has 0 spiro atoms. The molecule has 6 heteroatoms. The Hall–Kier alpha value is -3.20. The SMILES string of the molecule is COc1cc2c(cc1/C=N\OCc1ccccc1C#N)OCO2. The van der Waals surface area contributed by atoms with Gasteiger partial charge in [0.15, 0.2) is 11.5 Å². The van der Waals surface area contributed by atoms with E-state index in [1.165, 1.54) is 6.21 Å². The highest BCUT2D eigenvalue weighted by Crippen LogP contribution is 2.37. The van der Waals surface area contributed by atoms with Crippen molar-refractivity contribution in [3.8, 4) is 23.3 Å². The number of ether oxygens (including phenoxy) is 3. The van der Waals surface area contributed by atoms with Gasteiger partial charge in [0, 0.05) is 17.2 Å². The van der Waals surface area contributed by atoms with Crippen molar-refractivity contribution in [1.29, 1.82) is 5.26 Å². The summed E-state index contributed by atoms with van der Waals surface area (Å²) in [7, 11) is 1.57. The van der Waals surface area contributed by atoms with E-state index in [2.05, 4.69) is 11.2 Å². The molecule has 0 N–H and O–H groups in total. The lowest BCUT2D eigenvalue weighted by Gasteiger charge is -2.06. The number of nitriles is 1. The number of hydrogen-bond donors (Lipinski definition) is 0. The molecule has 6 nitrogen and oxygen atoms in total. The zero-order valence-electron chi connectivity index (χ0n) is 12.5. The predicted octanol–water partition coefficient (Wildman–Crippen LogP) is 2.85. The van der Waals surface area contributed by atoms with Crippen LogP contribution in [0.5, 0.6) is 17.2 Å². The van der Waals surface area contributed by atoms with Gasteiger partial charge in [-0.05, 0) is 12.1 Å². The largest absolute Gasteiger partial charge is 0.496 e. The average molecular weight is 310 g/mol. The van der Waals surface area contributed by atoms with Crippen LogP contribution < -0.4 is 14.2 Å². The van der Waals surface area contributed by atoms with Gasteiger partial charge in [0.05, 0.1) is 25.0 Å². The van der Waals surface area contributed by atoms with E-state index in [9.17, 15) is 0 Å². The second-order valence-corrected chi connectivity index (χ2v) is 4.72. The molecule has 0 radical (unpaired) electrons. The molecule has 0 atom stereocenters. The van der Waals surface area contributed by atoms with E-state index in [-0.39, 0.29) is 13.4 Å². The molecule has 0 unspecified atom stereocenters. The average Bonchev–Trinajstić information content (AvgIpc) is 3.05. The Morgan fingerprint density at radius 1 is 1.26 bits per heavy atom. The molecular weight excluding hydrogens is 296 g/mol. The van der Waals surface area contributed by atoms with Gasteiger partial charge in [0.25, 0.3) is 0 Å². The Morgan fingerprint density at radius 2 is 2.04 bits per heavy atom. The third-order valence-corrected chi connectivity index (χ3v) is 3.35. The summed E-state index contributed by atoms with van der Waals surface area (Å²) >= 11 is 0. The summed E-state index contributed by atoms with van der Waals surface area (Å²) in [5.74, 6) is 1.89. The number of oxime groups is 1. The normalized spacial score (nSPS) is 12.2. The molecule has 1 heterocycles.